The van der Waals surface area contributed by atoms with Gasteiger partial charge in [0.25, 0.3) is 0 Å². The van der Waals surface area contributed by atoms with E-state index in [9.17, 15) is 9.59 Å². The molecule has 1 saturated carbocycles. The summed E-state index contributed by atoms with van der Waals surface area (Å²) in [6, 6.07) is 10.1. The van der Waals surface area contributed by atoms with Gasteiger partial charge in [0.05, 0.1) is 6.54 Å². The average Bonchev–Trinajstić information content (AvgIpc) is 2.43. The third-order valence-electron chi connectivity index (χ3n) is 3.52. The Balaban J connectivity index is 2.25. The lowest BCUT2D eigenvalue weighted by atomic mass is 9.96. The summed E-state index contributed by atoms with van der Waals surface area (Å²) in [4.78, 5) is 23.5. The Labute approximate surface area is 126 Å². The molecule has 0 N–H and O–H groups in total. The summed E-state index contributed by atoms with van der Waals surface area (Å²) < 4.78 is 2.04. The van der Waals surface area contributed by atoms with Crippen LogP contribution in [0.1, 0.15) is 24.8 Å². The Bertz CT molecular complexity index is 561. The second-order valence-corrected chi connectivity index (χ2v) is 11.2. The molecule has 0 amide bonds. The number of rotatable bonds is 4. The highest BCUT2D eigenvalue weighted by Gasteiger charge is 2.29. The molecule has 21 heavy (non-hydrogen) atoms. The van der Waals surface area contributed by atoms with Gasteiger partial charge in [0.2, 0.25) is 11.6 Å². The van der Waals surface area contributed by atoms with Crippen LogP contribution in [-0.4, -0.2) is 30.2 Å². The molecule has 1 fully saturated rings. The fourth-order valence-electron chi connectivity index (χ4n) is 2.22. The summed E-state index contributed by atoms with van der Waals surface area (Å²) in [5.41, 5.74) is 1.60. The molecule has 0 saturated heterocycles. The van der Waals surface area contributed by atoms with Crippen molar-refractivity contribution in [2.45, 2.75) is 45.4 Å². The van der Waals surface area contributed by atoms with Gasteiger partial charge in [-0.2, -0.15) is 5.10 Å². The maximum atomic E-state index is 11.9. The predicted octanol–water partition coefficient (Wildman–Crippen LogP) is 3.00. The highest BCUT2D eigenvalue weighted by molar-refractivity contribution is 6.73. The van der Waals surface area contributed by atoms with Gasteiger partial charge >= 0.3 is 0 Å². The average molecular weight is 302 g/mol. The number of carbonyl (C=O) groups is 2. The van der Waals surface area contributed by atoms with E-state index >= 15 is 0 Å². The summed E-state index contributed by atoms with van der Waals surface area (Å²) >= 11 is 0. The van der Waals surface area contributed by atoms with Crippen LogP contribution >= 0.6 is 0 Å². The van der Waals surface area contributed by atoms with Crippen LogP contribution in [0.3, 0.4) is 0 Å². The number of nitrogens with zero attached hydrogens (tertiary/aromatic N) is 2. The van der Waals surface area contributed by atoms with E-state index in [0.29, 0.717) is 25.1 Å². The van der Waals surface area contributed by atoms with E-state index in [1.165, 1.54) is 5.56 Å². The Hall–Kier alpha value is -1.75. The van der Waals surface area contributed by atoms with Crippen molar-refractivity contribution in [1.82, 2.24) is 4.67 Å². The highest BCUT2D eigenvalue weighted by Crippen LogP contribution is 2.18. The highest BCUT2D eigenvalue weighted by atomic mass is 28.3. The Morgan fingerprint density at radius 2 is 1.76 bits per heavy atom. The largest absolute Gasteiger partial charge is 0.320 e. The van der Waals surface area contributed by atoms with Crippen LogP contribution in [0.4, 0.5) is 0 Å². The summed E-state index contributed by atoms with van der Waals surface area (Å²) in [6.07, 6.45) is 1.71. The van der Waals surface area contributed by atoms with Gasteiger partial charge in [-0.15, -0.1) is 0 Å². The number of carbonyl (C=O) groups excluding carboxylic acids is 2. The van der Waals surface area contributed by atoms with Crippen LogP contribution in [0.25, 0.3) is 0 Å². The third-order valence-corrected chi connectivity index (χ3v) is 5.33. The molecule has 112 valence electrons. The number of hydrogen-bond donors (Lipinski definition) is 0. The van der Waals surface area contributed by atoms with E-state index in [4.69, 9.17) is 0 Å². The van der Waals surface area contributed by atoms with E-state index in [2.05, 4.69) is 36.9 Å². The van der Waals surface area contributed by atoms with Gasteiger partial charge in [-0.3, -0.25) is 9.59 Å². The zero-order chi connectivity index (χ0) is 15.5. The van der Waals surface area contributed by atoms with E-state index in [1.807, 2.05) is 22.9 Å². The molecule has 0 bridgehead atoms. The minimum atomic E-state index is -1.72. The van der Waals surface area contributed by atoms with Crippen molar-refractivity contribution in [2.24, 2.45) is 5.10 Å². The number of benzene rings is 1. The van der Waals surface area contributed by atoms with Crippen LogP contribution in [0.5, 0.6) is 0 Å². The van der Waals surface area contributed by atoms with Crippen molar-refractivity contribution in [3.05, 3.63) is 35.9 Å². The van der Waals surface area contributed by atoms with Gasteiger partial charge in [0.15, 0.2) is 8.24 Å². The summed E-state index contributed by atoms with van der Waals surface area (Å²) in [5.74, 6) is -0.687. The van der Waals surface area contributed by atoms with Crippen molar-refractivity contribution in [3.8, 4) is 0 Å². The Kier molecular flexibility index (Phi) is 4.72. The smallest absolute Gasteiger partial charge is 0.244 e. The van der Waals surface area contributed by atoms with E-state index < -0.39 is 14.0 Å². The number of ketones is 2. The molecule has 0 unspecified atom stereocenters. The molecule has 0 heterocycles. The van der Waals surface area contributed by atoms with Crippen LogP contribution in [0.2, 0.25) is 19.6 Å². The standard InChI is InChI=1S/C16H22N2O2Si/c1-21(2,3)18(12-13-8-5-4-6-9-13)17-14-10-7-11-15(19)16(14)20/h4-6,8-9H,7,10-12H2,1-3H3. The monoisotopic (exact) mass is 302 g/mol. The maximum absolute atomic E-state index is 11.9. The molecule has 5 heteroatoms. The molecule has 0 atom stereocenters. The van der Waals surface area contributed by atoms with Crippen LogP contribution < -0.4 is 0 Å². The van der Waals surface area contributed by atoms with E-state index in [0.717, 1.165) is 6.42 Å². The number of hydrogen-bond acceptors (Lipinski definition) is 4. The lowest BCUT2D eigenvalue weighted by molar-refractivity contribution is -0.133. The van der Waals surface area contributed by atoms with E-state index in [1.54, 1.807) is 0 Å². The van der Waals surface area contributed by atoms with Crippen LogP contribution in [0.15, 0.2) is 35.4 Å². The molecular weight excluding hydrogens is 280 g/mol. The van der Waals surface area contributed by atoms with Crippen molar-refractivity contribution in [3.63, 3.8) is 0 Å². The molecule has 0 radical (unpaired) electrons. The SMILES string of the molecule is C[Si](C)(C)N(Cc1ccccc1)N=C1CCCC(=O)C1=O. The second kappa shape index (κ2) is 6.35. The van der Waals surface area contributed by atoms with Gasteiger partial charge in [-0.25, -0.2) is 0 Å². The van der Waals surface area contributed by atoms with E-state index in [-0.39, 0.29) is 5.78 Å². The molecule has 0 spiro atoms. The van der Waals surface area contributed by atoms with Crippen molar-refractivity contribution >= 4 is 25.5 Å². The molecule has 0 aliphatic heterocycles. The first kappa shape index (κ1) is 15.6. The molecule has 4 nitrogen and oxygen atoms in total. The first-order valence-corrected chi connectivity index (χ1v) is 10.8. The first-order chi connectivity index (χ1) is 9.88. The van der Waals surface area contributed by atoms with Gasteiger partial charge in [0.1, 0.15) is 5.71 Å². The topological polar surface area (TPSA) is 49.7 Å². The van der Waals surface area contributed by atoms with Crippen LogP contribution in [-0.2, 0) is 16.1 Å². The molecule has 2 rings (SSSR count). The van der Waals surface area contributed by atoms with Gasteiger partial charge in [-0.1, -0.05) is 50.0 Å². The summed E-state index contributed by atoms with van der Waals surface area (Å²) in [7, 11) is -1.72. The molecular formula is C16H22N2O2Si. The lowest BCUT2D eigenvalue weighted by Crippen LogP contribution is -2.43. The van der Waals surface area contributed by atoms with Crippen molar-refractivity contribution in [2.75, 3.05) is 0 Å². The molecule has 1 aliphatic rings. The number of Topliss-reactive ketones (excluding diaryl/α,β-unsaturated/α-hetero) is 2. The third kappa shape index (κ3) is 4.11. The molecule has 1 aliphatic carbocycles. The predicted molar refractivity (Wildman–Crippen MR) is 86.6 cm³/mol. The molecule has 0 aromatic heterocycles. The van der Waals surface area contributed by atoms with Gasteiger partial charge in [-0.05, 0) is 18.4 Å². The quantitative estimate of drug-likeness (QED) is 0.488. The normalized spacial score (nSPS) is 18.1. The summed E-state index contributed by atoms with van der Waals surface area (Å²) in [5, 5.41) is 4.57. The Morgan fingerprint density at radius 1 is 1.10 bits per heavy atom. The van der Waals surface area contributed by atoms with Gasteiger partial charge in [0, 0.05) is 6.42 Å². The van der Waals surface area contributed by atoms with Crippen LogP contribution in [0, 0.1) is 0 Å². The maximum Gasteiger partial charge on any atom is 0.244 e. The van der Waals surface area contributed by atoms with Gasteiger partial charge < -0.3 is 4.67 Å². The molecule has 1 aromatic carbocycles. The summed E-state index contributed by atoms with van der Waals surface area (Å²) in [6.45, 7) is 7.25. The fraction of sp³-hybridized carbons (Fsp3) is 0.438. The molecule has 1 aromatic rings. The minimum absolute atomic E-state index is 0.296. The first-order valence-electron chi connectivity index (χ1n) is 7.34. The lowest BCUT2D eigenvalue weighted by Gasteiger charge is -2.32. The zero-order valence-electron chi connectivity index (χ0n) is 12.9. The Morgan fingerprint density at radius 3 is 2.38 bits per heavy atom. The number of hydrazone groups is 1. The van der Waals surface area contributed by atoms with Crippen molar-refractivity contribution < 1.29 is 9.59 Å². The van der Waals surface area contributed by atoms with Crippen molar-refractivity contribution in [1.29, 1.82) is 0 Å². The second-order valence-electron chi connectivity index (χ2n) is 6.37. The fourth-order valence-corrected chi connectivity index (χ4v) is 3.30. The zero-order valence-corrected chi connectivity index (χ0v) is 13.9. The minimum Gasteiger partial charge on any atom is -0.320 e.